The molecule has 0 atom stereocenters. The van der Waals surface area contributed by atoms with E-state index in [1.54, 1.807) is 0 Å². The van der Waals surface area contributed by atoms with Crippen molar-refractivity contribution in [1.29, 1.82) is 0 Å². The van der Waals surface area contributed by atoms with Crippen molar-refractivity contribution < 1.29 is 32.5 Å². The van der Waals surface area contributed by atoms with Gasteiger partial charge in [-0.25, -0.2) is 4.39 Å². The van der Waals surface area contributed by atoms with E-state index in [0.29, 0.717) is 12.1 Å². The van der Waals surface area contributed by atoms with Gasteiger partial charge >= 0.3 is 6.36 Å². The SMILES string of the molecule is OC(O)c1cc(OC(F)(F)F)ccc1F. The van der Waals surface area contributed by atoms with E-state index in [1.807, 2.05) is 0 Å². The summed E-state index contributed by atoms with van der Waals surface area (Å²) in [6.45, 7) is 0. The Morgan fingerprint density at radius 3 is 2.27 bits per heavy atom. The molecule has 0 aliphatic heterocycles. The molecule has 1 rings (SSSR count). The van der Waals surface area contributed by atoms with E-state index in [9.17, 15) is 17.6 Å². The van der Waals surface area contributed by atoms with Gasteiger partial charge in [0, 0.05) is 5.56 Å². The van der Waals surface area contributed by atoms with Crippen molar-refractivity contribution in [2.45, 2.75) is 12.7 Å². The maximum Gasteiger partial charge on any atom is 0.573 e. The van der Waals surface area contributed by atoms with Crippen LogP contribution in [0.25, 0.3) is 0 Å². The van der Waals surface area contributed by atoms with Crippen LogP contribution in [-0.4, -0.2) is 16.6 Å². The van der Waals surface area contributed by atoms with E-state index < -0.39 is 29.8 Å². The van der Waals surface area contributed by atoms with Gasteiger partial charge in [-0.2, -0.15) is 0 Å². The molecule has 0 bridgehead atoms. The molecule has 84 valence electrons. The molecule has 0 fully saturated rings. The maximum atomic E-state index is 12.8. The monoisotopic (exact) mass is 226 g/mol. The third-order valence-corrected chi connectivity index (χ3v) is 1.48. The molecule has 3 nitrogen and oxygen atoms in total. The first-order valence-corrected chi connectivity index (χ1v) is 3.71. The fraction of sp³-hybridized carbons (Fsp3) is 0.250. The lowest BCUT2D eigenvalue weighted by atomic mass is 10.2. The summed E-state index contributed by atoms with van der Waals surface area (Å²) in [6.07, 6.45) is -7.10. The summed E-state index contributed by atoms with van der Waals surface area (Å²) >= 11 is 0. The highest BCUT2D eigenvalue weighted by Gasteiger charge is 2.31. The second-order valence-corrected chi connectivity index (χ2v) is 2.60. The van der Waals surface area contributed by atoms with E-state index in [1.165, 1.54) is 0 Å². The first-order valence-electron chi connectivity index (χ1n) is 3.71. The smallest absolute Gasteiger partial charge is 0.406 e. The van der Waals surface area contributed by atoms with Gasteiger partial charge in [0.2, 0.25) is 0 Å². The highest BCUT2D eigenvalue weighted by atomic mass is 19.4. The minimum atomic E-state index is -4.91. The summed E-state index contributed by atoms with van der Waals surface area (Å²) in [5.41, 5.74) is -0.684. The molecule has 0 saturated carbocycles. The molecule has 1 aromatic carbocycles. The summed E-state index contributed by atoms with van der Waals surface area (Å²) in [7, 11) is 0. The number of hydrogen-bond acceptors (Lipinski definition) is 3. The van der Waals surface area contributed by atoms with Gasteiger partial charge in [-0.1, -0.05) is 0 Å². The van der Waals surface area contributed by atoms with Gasteiger partial charge in [0.15, 0.2) is 6.29 Å². The number of aliphatic hydroxyl groups is 2. The largest absolute Gasteiger partial charge is 0.573 e. The van der Waals surface area contributed by atoms with Crippen LogP contribution >= 0.6 is 0 Å². The van der Waals surface area contributed by atoms with Crippen LogP contribution in [0.4, 0.5) is 17.6 Å². The van der Waals surface area contributed by atoms with Crippen molar-refractivity contribution in [3.8, 4) is 5.75 Å². The van der Waals surface area contributed by atoms with Crippen molar-refractivity contribution >= 4 is 0 Å². The third-order valence-electron chi connectivity index (χ3n) is 1.48. The van der Waals surface area contributed by atoms with Gasteiger partial charge in [0.1, 0.15) is 11.6 Å². The zero-order valence-corrected chi connectivity index (χ0v) is 7.12. The second kappa shape index (κ2) is 4.03. The van der Waals surface area contributed by atoms with E-state index in [2.05, 4.69) is 4.74 Å². The molecule has 0 spiro atoms. The predicted molar refractivity (Wildman–Crippen MR) is 40.3 cm³/mol. The number of rotatable bonds is 2. The number of halogens is 4. The molecule has 0 aliphatic carbocycles. The van der Waals surface area contributed by atoms with E-state index in [4.69, 9.17) is 10.2 Å². The highest BCUT2D eigenvalue weighted by Crippen LogP contribution is 2.26. The average molecular weight is 226 g/mol. The van der Waals surface area contributed by atoms with Crippen molar-refractivity contribution in [1.82, 2.24) is 0 Å². The van der Waals surface area contributed by atoms with Gasteiger partial charge in [0.05, 0.1) is 0 Å². The molecule has 15 heavy (non-hydrogen) atoms. The summed E-state index contributed by atoms with van der Waals surface area (Å²) in [5, 5.41) is 17.2. The molecule has 0 radical (unpaired) electrons. The molecule has 0 amide bonds. The first-order chi connectivity index (χ1) is 6.79. The zero-order chi connectivity index (χ0) is 11.6. The van der Waals surface area contributed by atoms with Gasteiger partial charge < -0.3 is 14.9 Å². The maximum absolute atomic E-state index is 12.8. The summed E-state index contributed by atoms with van der Waals surface area (Å²) in [4.78, 5) is 0. The van der Waals surface area contributed by atoms with Gasteiger partial charge in [-0.05, 0) is 18.2 Å². The van der Waals surface area contributed by atoms with Crippen LogP contribution < -0.4 is 4.74 Å². The van der Waals surface area contributed by atoms with Crippen LogP contribution in [0, 0.1) is 5.82 Å². The van der Waals surface area contributed by atoms with E-state index >= 15 is 0 Å². The van der Waals surface area contributed by atoms with E-state index in [-0.39, 0.29) is 0 Å². The molecule has 0 heterocycles. The first kappa shape index (κ1) is 11.7. The van der Waals surface area contributed by atoms with Gasteiger partial charge in [-0.3, -0.25) is 0 Å². The van der Waals surface area contributed by atoms with Crippen molar-refractivity contribution in [3.05, 3.63) is 29.6 Å². The Morgan fingerprint density at radius 1 is 1.20 bits per heavy atom. The van der Waals surface area contributed by atoms with Crippen LogP contribution in [0.3, 0.4) is 0 Å². The number of alkyl halides is 3. The molecule has 1 aromatic rings. The minimum Gasteiger partial charge on any atom is -0.406 e. The molecule has 2 N–H and O–H groups in total. The third kappa shape index (κ3) is 3.37. The summed E-state index contributed by atoms with van der Waals surface area (Å²) < 4.78 is 51.5. The Morgan fingerprint density at radius 2 is 1.80 bits per heavy atom. The molecule has 0 aliphatic rings. The fourth-order valence-corrected chi connectivity index (χ4v) is 0.917. The van der Waals surface area contributed by atoms with Crippen molar-refractivity contribution in [2.75, 3.05) is 0 Å². The zero-order valence-electron chi connectivity index (χ0n) is 7.12. The lowest BCUT2D eigenvalue weighted by Crippen LogP contribution is -2.17. The standard InChI is InChI=1S/C8H6F4O3/c9-6-2-1-4(15-8(10,11)12)3-5(6)7(13)14/h1-3,7,13-14H. The average Bonchev–Trinajstić information content (AvgIpc) is 2.05. The molecule has 0 saturated heterocycles. The Hall–Kier alpha value is -1.34. The number of benzene rings is 1. The topological polar surface area (TPSA) is 49.7 Å². The highest BCUT2D eigenvalue weighted by molar-refractivity contribution is 5.30. The molecule has 0 aromatic heterocycles. The Balaban J connectivity index is 2.98. The minimum absolute atomic E-state index is 0.563. The van der Waals surface area contributed by atoms with Gasteiger partial charge in [-0.15, -0.1) is 13.2 Å². The van der Waals surface area contributed by atoms with Crippen LogP contribution in [0.2, 0.25) is 0 Å². The summed E-state index contributed by atoms with van der Waals surface area (Å²) in [6, 6.07) is 1.94. The summed E-state index contributed by atoms with van der Waals surface area (Å²) in [5.74, 6) is -1.74. The van der Waals surface area contributed by atoms with Crippen LogP contribution in [-0.2, 0) is 0 Å². The van der Waals surface area contributed by atoms with Gasteiger partial charge in [0.25, 0.3) is 0 Å². The quantitative estimate of drug-likeness (QED) is 0.596. The van der Waals surface area contributed by atoms with Crippen molar-refractivity contribution in [3.63, 3.8) is 0 Å². The lowest BCUT2D eigenvalue weighted by molar-refractivity contribution is -0.274. The molecule has 0 unspecified atom stereocenters. The van der Waals surface area contributed by atoms with Crippen LogP contribution in [0.15, 0.2) is 18.2 Å². The van der Waals surface area contributed by atoms with E-state index in [0.717, 1.165) is 6.07 Å². The number of hydrogen-bond donors (Lipinski definition) is 2. The fourth-order valence-electron chi connectivity index (χ4n) is 0.917. The van der Waals surface area contributed by atoms with Crippen LogP contribution in [0.1, 0.15) is 11.9 Å². The molecule has 7 heteroatoms. The van der Waals surface area contributed by atoms with Crippen molar-refractivity contribution in [2.24, 2.45) is 0 Å². The number of ether oxygens (including phenoxy) is 1. The van der Waals surface area contributed by atoms with Crippen LogP contribution in [0.5, 0.6) is 5.75 Å². The number of aliphatic hydroxyl groups excluding tert-OH is 1. The Labute approximate surface area is 81.5 Å². The predicted octanol–water partition coefficient (Wildman–Crippen LogP) is 1.71. The Bertz CT molecular complexity index is 348. The second-order valence-electron chi connectivity index (χ2n) is 2.60. The lowest BCUT2D eigenvalue weighted by Gasteiger charge is -2.11. The molecular formula is C8H6F4O3. The normalized spacial score (nSPS) is 11.9. The Kier molecular flexibility index (Phi) is 3.15. The molecular weight excluding hydrogens is 220 g/mol.